The maximum atomic E-state index is 4.15. The Labute approximate surface area is 96.1 Å². The van der Waals surface area contributed by atoms with E-state index in [1.807, 2.05) is 12.3 Å². The van der Waals surface area contributed by atoms with Gasteiger partial charge in [0.15, 0.2) is 0 Å². The predicted octanol–water partition coefficient (Wildman–Crippen LogP) is 3.28. The fourth-order valence-corrected chi connectivity index (χ4v) is 1.83. The SMILES string of the molecule is Cc1cccc(C)c1CC=Cc1c[nH]cn1. The van der Waals surface area contributed by atoms with Gasteiger partial charge in [0.1, 0.15) is 0 Å². The number of imidazole rings is 1. The molecular formula is C14H16N2. The third-order valence-corrected chi connectivity index (χ3v) is 2.77. The van der Waals surface area contributed by atoms with Crippen LogP contribution >= 0.6 is 0 Å². The summed E-state index contributed by atoms with van der Waals surface area (Å²) in [4.78, 5) is 7.09. The van der Waals surface area contributed by atoms with Crippen LogP contribution in [0.1, 0.15) is 22.4 Å². The zero-order valence-corrected chi connectivity index (χ0v) is 9.70. The van der Waals surface area contributed by atoms with Crippen molar-refractivity contribution in [1.29, 1.82) is 0 Å². The maximum Gasteiger partial charge on any atom is 0.0927 e. The predicted molar refractivity (Wildman–Crippen MR) is 67.2 cm³/mol. The molecule has 0 spiro atoms. The number of aromatic nitrogens is 2. The second-order valence-electron chi connectivity index (χ2n) is 3.97. The summed E-state index contributed by atoms with van der Waals surface area (Å²) in [5, 5.41) is 0. The molecule has 0 atom stereocenters. The number of aryl methyl sites for hydroxylation is 2. The second-order valence-corrected chi connectivity index (χ2v) is 3.97. The first-order valence-electron chi connectivity index (χ1n) is 5.48. The molecular weight excluding hydrogens is 196 g/mol. The first-order valence-corrected chi connectivity index (χ1v) is 5.48. The molecule has 1 N–H and O–H groups in total. The van der Waals surface area contributed by atoms with E-state index in [4.69, 9.17) is 0 Å². The summed E-state index contributed by atoms with van der Waals surface area (Å²) < 4.78 is 0. The molecule has 1 heterocycles. The molecule has 1 aromatic heterocycles. The van der Waals surface area contributed by atoms with Crippen molar-refractivity contribution in [3.05, 3.63) is 59.2 Å². The molecule has 0 radical (unpaired) electrons. The van der Waals surface area contributed by atoms with E-state index in [0.29, 0.717) is 0 Å². The molecule has 0 aliphatic carbocycles. The highest BCUT2D eigenvalue weighted by Gasteiger charge is 1.99. The lowest BCUT2D eigenvalue weighted by Gasteiger charge is -2.06. The molecule has 0 amide bonds. The van der Waals surface area contributed by atoms with Gasteiger partial charge in [-0.15, -0.1) is 0 Å². The van der Waals surface area contributed by atoms with Crippen LogP contribution in [-0.4, -0.2) is 9.97 Å². The Morgan fingerprint density at radius 3 is 2.62 bits per heavy atom. The first kappa shape index (κ1) is 10.7. The van der Waals surface area contributed by atoms with E-state index < -0.39 is 0 Å². The fraction of sp³-hybridized carbons (Fsp3) is 0.214. The summed E-state index contributed by atoms with van der Waals surface area (Å²) in [6.45, 7) is 4.31. The number of hydrogen-bond donors (Lipinski definition) is 1. The van der Waals surface area contributed by atoms with Crippen LogP contribution < -0.4 is 0 Å². The van der Waals surface area contributed by atoms with E-state index in [-0.39, 0.29) is 0 Å². The van der Waals surface area contributed by atoms with E-state index in [2.05, 4.69) is 48.1 Å². The van der Waals surface area contributed by atoms with Gasteiger partial charge in [-0.25, -0.2) is 4.98 Å². The van der Waals surface area contributed by atoms with Crippen LogP contribution in [0, 0.1) is 13.8 Å². The molecule has 2 heteroatoms. The van der Waals surface area contributed by atoms with Crippen molar-refractivity contribution in [2.45, 2.75) is 20.3 Å². The molecule has 2 aromatic rings. The molecule has 16 heavy (non-hydrogen) atoms. The van der Waals surface area contributed by atoms with Gasteiger partial charge < -0.3 is 4.98 Å². The third kappa shape index (κ3) is 2.40. The number of nitrogens with one attached hydrogen (secondary N) is 1. The molecule has 0 aliphatic heterocycles. The quantitative estimate of drug-likeness (QED) is 0.831. The molecule has 0 unspecified atom stereocenters. The Morgan fingerprint density at radius 2 is 2.00 bits per heavy atom. The van der Waals surface area contributed by atoms with Gasteiger partial charge in [-0.05, 0) is 43.0 Å². The molecule has 0 saturated heterocycles. The number of hydrogen-bond acceptors (Lipinski definition) is 1. The van der Waals surface area contributed by atoms with Crippen molar-refractivity contribution in [3.8, 4) is 0 Å². The summed E-state index contributed by atoms with van der Waals surface area (Å²) in [5.41, 5.74) is 5.10. The third-order valence-electron chi connectivity index (χ3n) is 2.77. The van der Waals surface area contributed by atoms with Gasteiger partial charge in [0.05, 0.1) is 12.0 Å². The Balaban J connectivity index is 2.10. The number of rotatable bonds is 3. The van der Waals surface area contributed by atoms with Crippen molar-refractivity contribution in [3.63, 3.8) is 0 Å². The highest BCUT2D eigenvalue weighted by molar-refractivity contribution is 5.45. The zero-order valence-electron chi connectivity index (χ0n) is 9.70. The average molecular weight is 212 g/mol. The first-order chi connectivity index (χ1) is 7.77. The van der Waals surface area contributed by atoms with Gasteiger partial charge in [0, 0.05) is 6.20 Å². The number of aromatic amines is 1. The van der Waals surface area contributed by atoms with Crippen molar-refractivity contribution < 1.29 is 0 Å². The Bertz CT molecular complexity index is 461. The summed E-state index contributed by atoms with van der Waals surface area (Å²) in [7, 11) is 0. The number of nitrogens with zero attached hydrogens (tertiary/aromatic N) is 1. The van der Waals surface area contributed by atoms with Gasteiger partial charge in [-0.2, -0.15) is 0 Å². The molecule has 0 aliphatic rings. The molecule has 2 nitrogen and oxygen atoms in total. The Kier molecular flexibility index (Phi) is 3.20. The Hall–Kier alpha value is -1.83. The maximum absolute atomic E-state index is 4.15. The summed E-state index contributed by atoms with van der Waals surface area (Å²) >= 11 is 0. The summed E-state index contributed by atoms with van der Waals surface area (Å²) in [6.07, 6.45) is 8.75. The lowest BCUT2D eigenvalue weighted by atomic mass is 10.00. The van der Waals surface area contributed by atoms with Crippen LogP contribution in [-0.2, 0) is 6.42 Å². The van der Waals surface area contributed by atoms with Crippen LogP contribution in [0.2, 0.25) is 0 Å². The molecule has 0 bridgehead atoms. The number of allylic oxidation sites excluding steroid dienone is 1. The van der Waals surface area contributed by atoms with Crippen molar-refractivity contribution in [1.82, 2.24) is 9.97 Å². The highest BCUT2D eigenvalue weighted by atomic mass is 14.8. The minimum Gasteiger partial charge on any atom is -0.351 e. The highest BCUT2D eigenvalue weighted by Crippen LogP contribution is 2.14. The van der Waals surface area contributed by atoms with E-state index >= 15 is 0 Å². The molecule has 1 aromatic carbocycles. The van der Waals surface area contributed by atoms with Gasteiger partial charge in [0.25, 0.3) is 0 Å². The van der Waals surface area contributed by atoms with Crippen LogP contribution in [0.5, 0.6) is 0 Å². The van der Waals surface area contributed by atoms with Crippen molar-refractivity contribution in [2.75, 3.05) is 0 Å². The van der Waals surface area contributed by atoms with E-state index in [1.165, 1.54) is 16.7 Å². The monoisotopic (exact) mass is 212 g/mol. The zero-order chi connectivity index (χ0) is 11.4. The minimum absolute atomic E-state index is 0.964. The lowest BCUT2D eigenvalue weighted by molar-refractivity contribution is 1.17. The van der Waals surface area contributed by atoms with Crippen LogP contribution in [0.25, 0.3) is 6.08 Å². The molecule has 0 saturated carbocycles. The Morgan fingerprint density at radius 1 is 1.25 bits per heavy atom. The standard InChI is InChI=1S/C14H16N2/c1-11-5-3-6-12(2)14(11)8-4-7-13-9-15-10-16-13/h3-7,9-10H,8H2,1-2H3,(H,15,16). The normalized spacial score (nSPS) is 11.1. The van der Waals surface area contributed by atoms with Gasteiger partial charge >= 0.3 is 0 Å². The van der Waals surface area contributed by atoms with Gasteiger partial charge in [0.2, 0.25) is 0 Å². The van der Waals surface area contributed by atoms with Crippen LogP contribution in [0.4, 0.5) is 0 Å². The van der Waals surface area contributed by atoms with E-state index in [0.717, 1.165) is 12.1 Å². The van der Waals surface area contributed by atoms with E-state index in [9.17, 15) is 0 Å². The topological polar surface area (TPSA) is 28.7 Å². The van der Waals surface area contributed by atoms with E-state index in [1.54, 1.807) is 6.33 Å². The minimum atomic E-state index is 0.964. The average Bonchev–Trinajstić information content (AvgIpc) is 2.75. The van der Waals surface area contributed by atoms with Crippen LogP contribution in [0.3, 0.4) is 0 Å². The molecule has 82 valence electrons. The van der Waals surface area contributed by atoms with Crippen molar-refractivity contribution >= 4 is 6.08 Å². The summed E-state index contributed by atoms with van der Waals surface area (Å²) in [5.74, 6) is 0. The van der Waals surface area contributed by atoms with Gasteiger partial charge in [-0.3, -0.25) is 0 Å². The van der Waals surface area contributed by atoms with Crippen LogP contribution in [0.15, 0.2) is 36.8 Å². The fourth-order valence-electron chi connectivity index (χ4n) is 1.83. The summed E-state index contributed by atoms with van der Waals surface area (Å²) in [6, 6.07) is 6.42. The largest absolute Gasteiger partial charge is 0.351 e. The number of H-pyrrole nitrogens is 1. The lowest BCUT2D eigenvalue weighted by Crippen LogP contribution is -1.90. The molecule has 2 rings (SSSR count). The number of benzene rings is 1. The second kappa shape index (κ2) is 4.79. The van der Waals surface area contributed by atoms with Crippen molar-refractivity contribution in [2.24, 2.45) is 0 Å². The molecule has 0 fully saturated rings. The van der Waals surface area contributed by atoms with Gasteiger partial charge in [-0.1, -0.05) is 24.3 Å². The smallest absolute Gasteiger partial charge is 0.0927 e.